The van der Waals surface area contributed by atoms with E-state index in [1.54, 1.807) is 0 Å². The van der Waals surface area contributed by atoms with Crippen LogP contribution in [0.1, 0.15) is 4.88 Å². The third-order valence-corrected chi connectivity index (χ3v) is 10.3. The molecular weight excluding hydrogens is 349 g/mol. The van der Waals surface area contributed by atoms with Crippen molar-refractivity contribution in [2.45, 2.75) is 5.75 Å². The van der Waals surface area contributed by atoms with Crippen LogP contribution in [0.5, 0.6) is 0 Å². The molecule has 5 aromatic heterocycles. The molecule has 19 heavy (non-hydrogen) atoms. The molecule has 0 spiro atoms. The molecule has 0 atom stereocenters. The van der Waals surface area contributed by atoms with Gasteiger partial charge in [-0.3, -0.25) is 0 Å². The van der Waals surface area contributed by atoms with Gasteiger partial charge in [0.15, 0.2) is 0 Å². The molecule has 0 nitrogen and oxygen atoms in total. The normalized spacial score (nSPS) is 12.7. The van der Waals surface area contributed by atoms with Crippen molar-refractivity contribution in [2.75, 3.05) is 0 Å². The lowest BCUT2D eigenvalue weighted by atomic mass is 10.4. The highest BCUT2D eigenvalue weighted by molar-refractivity contribution is 7.79. The Kier molecular flexibility index (Phi) is 2.41. The maximum atomic E-state index is 4.39. The highest BCUT2D eigenvalue weighted by Gasteiger charge is 2.18. The second-order valence-electron chi connectivity index (χ2n) is 4.30. The summed E-state index contributed by atoms with van der Waals surface area (Å²) in [4.78, 5) is 1.38. The molecule has 6 heteroatoms. The topological polar surface area (TPSA) is 0 Å². The highest BCUT2D eigenvalue weighted by Crippen LogP contribution is 2.52. The molecule has 0 amide bonds. The third kappa shape index (κ3) is 1.45. The molecule has 94 valence electrons. The first-order chi connectivity index (χ1) is 9.35. The van der Waals surface area contributed by atoms with Crippen LogP contribution in [0.4, 0.5) is 0 Å². The van der Waals surface area contributed by atoms with Crippen LogP contribution < -0.4 is 0 Å². The minimum absolute atomic E-state index is 0.850. The van der Waals surface area contributed by atoms with Gasteiger partial charge in [0.2, 0.25) is 0 Å². The second kappa shape index (κ2) is 3.96. The van der Waals surface area contributed by atoms with Gasteiger partial charge in [-0.05, 0) is 17.5 Å². The van der Waals surface area contributed by atoms with E-state index in [4.69, 9.17) is 0 Å². The Morgan fingerprint density at radius 3 is 2.37 bits per heavy atom. The van der Waals surface area contributed by atoms with Gasteiger partial charge in [0.25, 0.3) is 0 Å². The van der Waals surface area contributed by atoms with Gasteiger partial charge in [0.05, 0.1) is 28.2 Å². The van der Waals surface area contributed by atoms with Gasteiger partial charge in [-0.25, -0.2) is 0 Å². The molecule has 0 radical (unpaired) electrons. The minimum atomic E-state index is 0.850. The van der Waals surface area contributed by atoms with E-state index in [2.05, 4.69) is 30.1 Å². The Balaban J connectivity index is 2.00. The lowest BCUT2D eigenvalue weighted by molar-refractivity contribution is 1.58. The Morgan fingerprint density at radius 2 is 1.53 bits per heavy atom. The van der Waals surface area contributed by atoms with Gasteiger partial charge in [-0.2, -0.15) is 12.6 Å². The molecule has 0 N–H and O–H groups in total. The molecule has 5 rings (SSSR count). The lowest BCUT2D eigenvalue weighted by Crippen LogP contribution is -1.60. The average Bonchev–Trinajstić information content (AvgIpc) is 3.11. The van der Waals surface area contributed by atoms with Crippen molar-refractivity contribution in [3.8, 4) is 0 Å². The van der Waals surface area contributed by atoms with E-state index in [9.17, 15) is 0 Å². The standard InChI is InChI=1S/C13H6S6/c14-4-5-3-7-9(16-5)11-13(18-7)12-10(19-11)8-6(17-12)1-2-15-8/h1-3,14H,4H2. The van der Waals surface area contributed by atoms with E-state index in [0.717, 1.165) is 5.75 Å². The van der Waals surface area contributed by atoms with Crippen LogP contribution in [0.25, 0.3) is 37.6 Å². The quantitative estimate of drug-likeness (QED) is 0.307. The monoisotopic (exact) mass is 354 g/mol. The molecular formula is C13H6S6. The Morgan fingerprint density at radius 1 is 0.789 bits per heavy atom. The first-order valence-corrected chi connectivity index (χ1v) is 10.5. The zero-order valence-electron chi connectivity index (χ0n) is 9.43. The smallest absolute Gasteiger partial charge is 0.0651 e. The predicted octanol–water partition coefficient (Wildman–Crippen LogP) is 7.04. The van der Waals surface area contributed by atoms with Crippen LogP contribution in [0.2, 0.25) is 0 Å². The van der Waals surface area contributed by atoms with E-state index < -0.39 is 0 Å². The van der Waals surface area contributed by atoms with Gasteiger partial charge >= 0.3 is 0 Å². The van der Waals surface area contributed by atoms with E-state index in [-0.39, 0.29) is 0 Å². The molecule has 0 aliphatic rings. The van der Waals surface area contributed by atoms with Crippen molar-refractivity contribution in [3.05, 3.63) is 22.4 Å². The summed E-state index contributed by atoms with van der Waals surface area (Å²) in [6, 6.07) is 4.56. The zero-order chi connectivity index (χ0) is 12.6. The van der Waals surface area contributed by atoms with Gasteiger partial charge in [0.1, 0.15) is 0 Å². The molecule has 0 aromatic carbocycles. The van der Waals surface area contributed by atoms with Crippen LogP contribution >= 0.6 is 69.3 Å². The van der Waals surface area contributed by atoms with Crippen LogP contribution in [0, 0.1) is 0 Å². The summed E-state index contributed by atoms with van der Waals surface area (Å²) in [7, 11) is 0. The maximum Gasteiger partial charge on any atom is 0.0651 e. The fourth-order valence-electron chi connectivity index (χ4n) is 2.38. The van der Waals surface area contributed by atoms with Crippen molar-refractivity contribution < 1.29 is 0 Å². The maximum absolute atomic E-state index is 4.39. The van der Waals surface area contributed by atoms with E-state index in [1.807, 2.05) is 56.7 Å². The van der Waals surface area contributed by atoms with E-state index in [0.29, 0.717) is 0 Å². The van der Waals surface area contributed by atoms with E-state index >= 15 is 0 Å². The largest absolute Gasteiger partial charge is 0.174 e. The number of thiol groups is 1. The first-order valence-electron chi connectivity index (χ1n) is 5.69. The molecule has 0 aliphatic heterocycles. The first kappa shape index (κ1) is 11.5. The lowest BCUT2D eigenvalue weighted by Gasteiger charge is -1.82. The van der Waals surface area contributed by atoms with Crippen molar-refractivity contribution in [1.29, 1.82) is 0 Å². The minimum Gasteiger partial charge on any atom is -0.174 e. The molecule has 0 fully saturated rings. The van der Waals surface area contributed by atoms with Crippen molar-refractivity contribution in [3.63, 3.8) is 0 Å². The molecule has 0 saturated heterocycles. The number of rotatable bonds is 1. The Bertz CT molecular complexity index is 1050. The molecule has 0 bridgehead atoms. The average molecular weight is 355 g/mol. The number of hydrogen-bond acceptors (Lipinski definition) is 6. The van der Waals surface area contributed by atoms with Crippen LogP contribution in [0.3, 0.4) is 0 Å². The number of fused-ring (bicyclic) bond motifs is 7. The Labute approximate surface area is 134 Å². The molecule has 5 heterocycles. The molecule has 0 aliphatic carbocycles. The summed E-state index contributed by atoms with van der Waals surface area (Å²) < 4.78 is 11.8. The van der Waals surface area contributed by atoms with Crippen LogP contribution in [-0.4, -0.2) is 0 Å². The molecule has 0 saturated carbocycles. The van der Waals surface area contributed by atoms with Crippen molar-refractivity contribution in [2.24, 2.45) is 0 Å². The van der Waals surface area contributed by atoms with Crippen molar-refractivity contribution >= 4 is 107 Å². The Hall–Kier alpha value is -0.110. The summed E-state index contributed by atoms with van der Waals surface area (Å²) in [6.45, 7) is 0. The summed E-state index contributed by atoms with van der Waals surface area (Å²) in [5.74, 6) is 0.850. The summed E-state index contributed by atoms with van der Waals surface area (Å²) in [5.41, 5.74) is 0. The van der Waals surface area contributed by atoms with Gasteiger partial charge < -0.3 is 0 Å². The fourth-order valence-corrected chi connectivity index (χ4v) is 9.54. The summed E-state index contributed by atoms with van der Waals surface area (Å²) >= 11 is 14.1. The fraction of sp³-hybridized carbons (Fsp3) is 0.0769. The van der Waals surface area contributed by atoms with Gasteiger partial charge in [-0.15, -0.1) is 56.7 Å². The third-order valence-electron chi connectivity index (χ3n) is 3.19. The van der Waals surface area contributed by atoms with E-state index in [1.165, 1.54) is 42.5 Å². The summed E-state index contributed by atoms with van der Waals surface area (Å²) in [5, 5.41) is 2.20. The number of hydrogen-bond donors (Lipinski definition) is 1. The second-order valence-corrected chi connectivity index (χ2v) is 9.79. The van der Waals surface area contributed by atoms with Gasteiger partial charge in [0, 0.05) is 20.0 Å². The molecule has 5 aromatic rings. The SMILES string of the molecule is SCc1cc2sc3c(sc4c5sccc5sc43)c2s1. The van der Waals surface area contributed by atoms with Crippen LogP contribution in [0.15, 0.2) is 17.5 Å². The molecule has 0 unspecified atom stereocenters. The number of thiophene rings is 5. The predicted molar refractivity (Wildman–Crippen MR) is 98.5 cm³/mol. The summed E-state index contributed by atoms with van der Waals surface area (Å²) in [6.07, 6.45) is 0. The van der Waals surface area contributed by atoms with Crippen molar-refractivity contribution in [1.82, 2.24) is 0 Å². The van der Waals surface area contributed by atoms with Gasteiger partial charge in [-0.1, -0.05) is 0 Å². The zero-order valence-corrected chi connectivity index (χ0v) is 14.4. The highest BCUT2D eigenvalue weighted by atomic mass is 32.1. The van der Waals surface area contributed by atoms with Crippen LogP contribution in [-0.2, 0) is 5.75 Å².